The van der Waals surface area contributed by atoms with Crippen LogP contribution in [0.15, 0.2) is 12.4 Å². The molecule has 1 aromatic rings. The average molecular weight is 242 g/mol. The Morgan fingerprint density at radius 2 is 2.27 bits per heavy atom. The zero-order valence-electron chi connectivity index (χ0n) is 8.56. The van der Waals surface area contributed by atoms with Crippen LogP contribution in [0.5, 0.6) is 0 Å². The van der Waals surface area contributed by atoms with E-state index in [1.54, 1.807) is 12.4 Å². The van der Waals surface area contributed by atoms with Gasteiger partial charge in [-0.1, -0.05) is 12.2 Å². The lowest BCUT2D eigenvalue weighted by Crippen LogP contribution is -2.16. The van der Waals surface area contributed by atoms with E-state index in [1.165, 1.54) is 0 Å². The van der Waals surface area contributed by atoms with Gasteiger partial charge in [0.1, 0.15) is 10.7 Å². The van der Waals surface area contributed by atoms with Gasteiger partial charge in [-0.3, -0.25) is 0 Å². The van der Waals surface area contributed by atoms with Crippen LogP contribution >= 0.6 is 24.0 Å². The van der Waals surface area contributed by atoms with Crippen LogP contribution in [0, 0.1) is 0 Å². The van der Waals surface area contributed by atoms with Gasteiger partial charge < -0.3 is 11.1 Å². The van der Waals surface area contributed by atoms with Crippen LogP contribution in [-0.2, 0) is 0 Å². The maximum atomic E-state index is 5.53. The summed E-state index contributed by atoms with van der Waals surface area (Å²) in [4.78, 5) is 8.50. The maximum Gasteiger partial charge on any atom is 0.155 e. The molecule has 0 saturated heterocycles. The number of hydrogen-bond donors (Lipinski definition) is 2. The Morgan fingerprint density at radius 3 is 2.93 bits per heavy atom. The lowest BCUT2D eigenvalue weighted by molar-refractivity contribution is 0.974. The topological polar surface area (TPSA) is 63.8 Å². The summed E-state index contributed by atoms with van der Waals surface area (Å²) in [6, 6.07) is 0. The first kappa shape index (κ1) is 12.2. The van der Waals surface area contributed by atoms with Crippen molar-refractivity contribution in [2.75, 3.05) is 23.9 Å². The predicted molar refractivity (Wildman–Crippen MR) is 69.4 cm³/mol. The number of thiocarbonyl (C=S) groups is 1. The second kappa shape index (κ2) is 6.58. The van der Waals surface area contributed by atoms with Crippen molar-refractivity contribution in [1.29, 1.82) is 0 Å². The first-order valence-corrected chi connectivity index (χ1v) is 6.39. The van der Waals surface area contributed by atoms with Crippen molar-refractivity contribution >= 4 is 34.8 Å². The van der Waals surface area contributed by atoms with Crippen molar-refractivity contribution in [1.82, 2.24) is 9.97 Å². The first-order valence-electron chi connectivity index (χ1n) is 4.59. The number of hydrogen-bond acceptors (Lipinski definition) is 5. The summed E-state index contributed by atoms with van der Waals surface area (Å²) >= 11 is 6.70. The quantitative estimate of drug-likeness (QED) is 0.579. The Balaban J connectivity index is 2.56. The summed E-state index contributed by atoms with van der Waals surface area (Å²) in [6.07, 6.45) is 6.37. The van der Waals surface area contributed by atoms with Crippen molar-refractivity contribution < 1.29 is 0 Å². The van der Waals surface area contributed by atoms with Gasteiger partial charge in [0.05, 0.1) is 0 Å². The molecule has 0 radical (unpaired) electrons. The summed E-state index contributed by atoms with van der Waals surface area (Å²) in [6.45, 7) is 0.856. The van der Waals surface area contributed by atoms with Gasteiger partial charge in [0.2, 0.25) is 0 Å². The van der Waals surface area contributed by atoms with E-state index < -0.39 is 0 Å². The second-order valence-electron chi connectivity index (χ2n) is 2.89. The van der Waals surface area contributed by atoms with Crippen LogP contribution in [0.3, 0.4) is 0 Å². The van der Waals surface area contributed by atoms with E-state index in [9.17, 15) is 0 Å². The van der Waals surface area contributed by atoms with Crippen molar-refractivity contribution in [2.45, 2.75) is 6.42 Å². The molecule has 0 fully saturated rings. The van der Waals surface area contributed by atoms with E-state index in [0.29, 0.717) is 11.5 Å². The number of rotatable bonds is 6. The molecule has 0 aliphatic heterocycles. The smallest absolute Gasteiger partial charge is 0.155 e. The summed E-state index contributed by atoms with van der Waals surface area (Å²) in [5.74, 6) is 1.79. The molecule has 0 saturated carbocycles. The van der Waals surface area contributed by atoms with Crippen LogP contribution in [0.2, 0.25) is 0 Å². The Morgan fingerprint density at radius 1 is 1.53 bits per heavy atom. The molecule has 0 aliphatic rings. The third-order valence-corrected chi connectivity index (χ3v) is 2.64. The SMILES string of the molecule is CSCCCNc1nccnc1C(N)=S. The van der Waals surface area contributed by atoms with Gasteiger partial charge in [-0.15, -0.1) is 0 Å². The summed E-state index contributed by atoms with van der Waals surface area (Å²) in [7, 11) is 0. The molecule has 1 aromatic heterocycles. The number of anilines is 1. The standard InChI is InChI=1S/C9H14N4S2/c1-15-6-2-3-12-9-7(8(10)14)11-4-5-13-9/h4-5H,2-3,6H2,1H3,(H2,10,14)(H,12,13). The van der Waals surface area contributed by atoms with Gasteiger partial charge >= 0.3 is 0 Å². The fraction of sp³-hybridized carbons (Fsp3) is 0.444. The van der Waals surface area contributed by atoms with Crippen molar-refractivity contribution in [3.63, 3.8) is 0 Å². The second-order valence-corrected chi connectivity index (χ2v) is 4.32. The van der Waals surface area contributed by atoms with Crippen LogP contribution < -0.4 is 11.1 Å². The van der Waals surface area contributed by atoms with Crippen molar-refractivity contribution in [3.8, 4) is 0 Å². The Labute approximate surface area is 99.1 Å². The molecule has 0 bridgehead atoms. The molecule has 3 N–H and O–H groups in total. The van der Waals surface area contributed by atoms with E-state index in [2.05, 4.69) is 21.5 Å². The molecule has 0 atom stereocenters. The maximum absolute atomic E-state index is 5.53. The molecule has 0 unspecified atom stereocenters. The van der Waals surface area contributed by atoms with E-state index in [-0.39, 0.29) is 4.99 Å². The minimum absolute atomic E-state index is 0.274. The molecule has 82 valence electrons. The normalized spacial score (nSPS) is 9.93. The lowest BCUT2D eigenvalue weighted by Gasteiger charge is -2.07. The van der Waals surface area contributed by atoms with Crippen molar-refractivity contribution in [3.05, 3.63) is 18.1 Å². The third kappa shape index (κ3) is 4.01. The van der Waals surface area contributed by atoms with Gasteiger partial charge in [0, 0.05) is 18.9 Å². The first-order chi connectivity index (χ1) is 7.25. The van der Waals surface area contributed by atoms with E-state index >= 15 is 0 Å². The highest BCUT2D eigenvalue weighted by Gasteiger charge is 2.06. The molecule has 0 aliphatic carbocycles. The van der Waals surface area contributed by atoms with Gasteiger partial charge in [-0.25, -0.2) is 9.97 Å². The number of nitrogens with zero attached hydrogens (tertiary/aromatic N) is 2. The Bertz CT molecular complexity index is 330. The van der Waals surface area contributed by atoms with E-state index in [0.717, 1.165) is 18.7 Å². The summed E-state index contributed by atoms with van der Waals surface area (Å²) in [5.41, 5.74) is 6.10. The molecular formula is C9H14N4S2. The molecule has 0 amide bonds. The van der Waals surface area contributed by atoms with Gasteiger partial charge in [0.25, 0.3) is 0 Å². The highest BCUT2D eigenvalue weighted by Crippen LogP contribution is 2.08. The van der Waals surface area contributed by atoms with Crippen LogP contribution in [0.1, 0.15) is 12.1 Å². The third-order valence-electron chi connectivity index (χ3n) is 1.75. The number of nitrogens with two attached hydrogens (primary N) is 1. The summed E-state index contributed by atoms with van der Waals surface area (Å²) in [5, 5.41) is 3.17. The lowest BCUT2D eigenvalue weighted by atomic mass is 10.4. The molecule has 1 rings (SSSR count). The molecule has 1 heterocycles. The zero-order chi connectivity index (χ0) is 11.1. The largest absolute Gasteiger partial charge is 0.388 e. The van der Waals surface area contributed by atoms with Crippen LogP contribution in [-0.4, -0.2) is 33.5 Å². The zero-order valence-corrected chi connectivity index (χ0v) is 10.2. The average Bonchev–Trinajstić information content (AvgIpc) is 2.25. The monoisotopic (exact) mass is 242 g/mol. The van der Waals surface area contributed by atoms with Crippen LogP contribution in [0.4, 0.5) is 5.82 Å². The Hall–Kier alpha value is -0.880. The number of aromatic nitrogens is 2. The molecule has 0 spiro atoms. The van der Waals surface area contributed by atoms with E-state index in [4.69, 9.17) is 18.0 Å². The molecular weight excluding hydrogens is 228 g/mol. The van der Waals surface area contributed by atoms with Gasteiger partial charge in [-0.2, -0.15) is 11.8 Å². The fourth-order valence-corrected chi connectivity index (χ4v) is 1.65. The minimum Gasteiger partial charge on any atom is -0.388 e. The molecule has 4 nitrogen and oxygen atoms in total. The van der Waals surface area contributed by atoms with Gasteiger partial charge in [0.15, 0.2) is 5.82 Å². The molecule has 6 heteroatoms. The van der Waals surface area contributed by atoms with Crippen molar-refractivity contribution in [2.24, 2.45) is 5.73 Å². The highest BCUT2D eigenvalue weighted by atomic mass is 32.2. The van der Waals surface area contributed by atoms with Gasteiger partial charge in [-0.05, 0) is 18.4 Å². The summed E-state index contributed by atoms with van der Waals surface area (Å²) < 4.78 is 0. The van der Waals surface area contributed by atoms with Crippen LogP contribution in [0.25, 0.3) is 0 Å². The molecule has 0 aromatic carbocycles. The number of nitrogens with one attached hydrogen (secondary N) is 1. The fourth-order valence-electron chi connectivity index (χ4n) is 1.07. The Kier molecular flexibility index (Phi) is 5.34. The number of thioether (sulfide) groups is 1. The highest BCUT2D eigenvalue weighted by molar-refractivity contribution is 7.98. The predicted octanol–water partition coefficient (Wildman–Crippen LogP) is 1.28. The molecule has 15 heavy (non-hydrogen) atoms. The van der Waals surface area contributed by atoms with E-state index in [1.807, 2.05) is 11.8 Å². The minimum atomic E-state index is 0.274.